The lowest BCUT2D eigenvalue weighted by Crippen LogP contribution is -2.32. The molecule has 9 heteroatoms. The zero-order chi connectivity index (χ0) is 20.4. The first kappa shape index (κ1) is 20.2. The third kappa shape index (κ3) is 4.56. The Labute approximate surface area is 186 Å². The van der Waals surface area contributed by atoms with Crippen LogP contribution in [0.5, 0.6) is 0 Å². The third-order valence-electron chi connectivity index (χ3n) is 4.33. The molecule has 2 aromatic heterocycles. The van der Waals surface area contributed by atoms with E-state index in [4.69, 9.17) is 34.8 Å². The fourth-order valence-corrected chi connectivity index (χ4v) is 4.68. The lowest BCUT2D eigenvalue weighted by atomic mass is 10.2. The molecular formula is C20H15Cl3N4OS. The lowest BCUT2D eigenvalue weighted by molar-refractivity contribution is 0.0986. The van der Waals surface area contributed by atoms with Gasteiger partial charge in [0.25, 0.3) is 5.91 Å². The zero-order valence-electron chi connectivity index (χ0n) is 15.1. The van der Waals surface area contributed by atoms with Gasteiger partial charge in [-0.2, -0.15) is 0 Å². The van der Waals surface area contributed by atoms with Crippen molar-refractivity contribution in [2.75, 3.05) is 11.4 Å². The minimum atomic E-state index is -0.220. The molecule has 148 valence electrons. The maximum Gasteiger partial charge on any atom is 0.261 e. The van der Waals surface area contributed by atoms with Gasteiger partial charge in [0.2, 0.25) is 0 Å². The van der Waals surface area contributed by atoms with E-state index in [0.717, 1.165) is 23.2 Å². The second-order valence-corrected chi connectivity index (χ2v) is 8.63. The number of anilines is 1. The van der Waals surface area contributed by atoms with Crippen molar-refractivity contribution in [3.8, 4) is 0 Å². The van der Waals surface area contributed by atoms with E-state index in [-0.39, 0.29) is 5.91 Å². The molecule has 0 radical (unpaired) electrons. The van der Waals surface area contributed by atoms with Crippen molar-refractivity contribution in [1.82, 2.24) is 14.5 Å². The van der Waals surface area contributed by atoms with Gasteiger partial charge in [-0.3, -0.25) is 9.69 Å². The van der Waals surface area contributed by atoms with E-state index < -0.39 is 0 Å². The maximum absolute atomic E-state index is 13.3. The highest BCUT2D eigenvalue weighted by Crippen LogP contribution is 2.32. The summed E-state index contributed by atoms with van der Waals surface area (Å²) < 4.78 is 2.89. The number of halogens is 3. The molecule has 0 aliphatic rings. The predicted octanol–water partition coefficient (Wildman–Crippen LogP) is 6.19. The van der Waals surface area contributed by atoms with Gasteiger partial charge in [0, 0.05) is 35.5 Å². The molecule has 0 atom stereocenters. The first-order valence-corrected chi connectivity index (χ1v) is 10.7. The summed E-state index contributed by atoms with van der Waals surface area (Å²) in [4.78, 5) is 23.7. The van der Waals surface area contributed by atoms with Gasteiger partial charge in [-0.15, -0.1) is 0 Å². The number of thiazole rings is 1. The molecule has 0 bridgehead atoms. The quantitative estimate of drug-likeness (QED) is 0.341. The van der Waals surface area contributed by atoms with Crippen LogP contribution in [0.2, 0.25) is 15.1 Å². The molecule has 5 nitrogen and oxygen atoms in total. The average molecular weight is 466 g/mol. The Kier molecular flexibility index (Phi) is 6.06. The number of rotatable bonds is 6. The Hall–Kier alpha value is -2.12. The number of hydrogen-bond donors (Lipinski definition) is 0. The Morgan fingerprint density at radius 1 is 1.10 bits per heavy atom. The predicted molar refractivity (Wildman–Crippen MR) is 120 cm³/mol. The van der Waals surface area contributed by atoms with E-state index in [9.17, 15) is 4.79 Å². The van der Waals surface area contributed by atoms with Gasteiger partial charge >= 0.3 is 0 Å². The molecule has 0 spiro atoms. The van der Waals surface area contributed by atoms with Crippen molar-refractivity contribution >= 4 is 67.4 Å². The molecule has 0 saturated heterocycles. The number of hydrogen-bond acceptors (Lipinski definition) is 4. The van der Waals surface area contributed by atoms with Crippen LogP contribution < -0.4 is 4.90 Å². The standard InChI is InChI=1S/C20H15Cl3N4OS/c21-13-2-4-15(16(23)10-13)19(28)27(8-1-7-26-9-6-24-12-26)20-25-17-5-3-14(22)11-18(17)29-20/h2-6,9-12H,1,7-8H2. The number of fused-ring (bicyclic) bond motifs is 1. The molecule has 2 heterocycles. The van der Waals surface area contributed by atoms with Crippen LogP contribution in [-0.4, -0.2) is 27.0 Å². The smallest absolute Gasteiger partial charge is 0.261 e. The van der Waals surface area contributed by atoms with Gasteiger partial charge < -0.3 is 4.57 Å². The van der Waals surface area contributed by atoms with E-state index in [2.05, 4.69) is 9.97 Å². The monoisotopic (exact) mass is 464 g/mol. The molecule has 0 saturated carbocycles. The molecule has 0 fully saturated rings. The van der Waals surface area contributed by atoms with Crippen LogP contribution in [0.4, 0.5) is 5.13 Å². The van der Waals surface area contributed by atoms with Gasteiger partial charge in [0.05, 0.1) is 27.1 Å². The number of benzene rings is 2. The summed E-state index contributed by atoms with van der Waals surface area (Å²) in [6.45, 7) is 1.21. The van der Waals surface area contributed by atoms with E-state index in [1.807, 2.05) is 22.9 Å². The molecule has 0 N–H and O–H groups in total. The zero-order valence-corrected chi connectivity index (χ0v) is 18.1. The number of nitrogens with zero attached hydrogens (tertiary/aromatic N) is 4. The van der Waals surface area contributed by atoms with Crippen LogP contribution in [0.25, 0.3) is 10.2 Å². The number of aryl methyl sites for hydroxylation is 1. The minimum Gasteiger partial charge on any atom is -0.337 e. The molecule has 2 aromatic carbocycles. The summed E-state index contributed by atoms with van der Waals surface area (Å²) in [5.41, 5.74) is 1.18. The van der Waals surface area contributed by atoms with Crippen molar-refractivity contribution in [1.29, 1.82) is 0 Å². The molecule has 1 amide bonds. The van der Waals surface area contributed by atoms with Crippen LogP contribution >= 0.6 is 46.1 Å². The lowest BCUT2D eigenvalue weighted by Gasteiger charge is -2.20. The largest absolute Gasteiger partial charge is 0.337 e. The van der Waals surface area contributed by atoms with Crippen LogP contribution in [0.1, 0.15) is 16.8 Å². The van der Waals surface area contributed by atoms with Crippen LogP contribution in [-0.2, 0) is 6.54 Å². The molecule has 0 aliphatic heterocycles. The summed E-state index contributed by atoms with van der Waals surface area (Å²) in [6.07, 6.45) is 6.10. The fraction of sp³-hybridized carbons (Fsp3) is 0.150. The topological polar surface area (TPSA) is 51.0 Å². The minimum absolute atomic E-state index is 0.220. The normalized spacial score (nSPS) is 11.1. The summed E-state index contributed by atoms with van der Waals surface area (Å²) in [5, 5.41) is 2.02. The van der Waals surface area contributed by atoms with E-state index in [1.165, 1.54) is 11.3 Å². The highest BCUT2D eigenvalue weighted by atomic mass is 35.5. The van der Waals surface area contributed by atoms with Crippen molar-refractivity contribution in [2.45, 2.75) is 13.0 Å². The van der Waals surface area contributed by atoms with Crippen LogP contribution in [0, 0.1) is 0 Å². The molecule has 29 heavy (non-hydrogen) atoms. The molecule has 4 aromatic rings. The molecule has 0 aliphatic carbocycles. The first-order valence-electron chi connectivity index (χ1n) is 8.80. The van der Waals surface area contributed by atoms with Gasteiger partial charge in [-0.1, -0.05) is 46.1 Å². The van der Waals surface area contributed by atoms with Gasteiger partial charge in [-0.05, 0) is 42.8 Å². The van der Waals surface area contributed by atoms with Crippen molar-refractivity contribution < 1.29 is 4.79 Å². The number of carbonyl (C=O) groups is 1. The van der Waals surface area contributed by atoms with Gasteiger partial charge in [0.15, 0.2) is 5.13 Å². The highest BCUT2D eigenvalue weighted by molar-refractivity contribution is 7.22. The SMILES string of the molecule is O=C(c1ccc(Cl)cc1Cl)N(CCCn1ccnc1)c1nc2ccc(Cl)cc2s1. The summed E-state index contributed by atoms with van der Waals surface area (Å²) in [6, 6.07) is 10.3. The third-order valence-corrected chi connectivity index (χ3v) is 6.16. The highest BCUT2D eigenvalue weighted by Gasteiger charge is 2.23. The van der Waals surface area contributed by atoms with E-state index in [1.54, 1.807) is 41.7 Å². The summed E-state index contributed by atoms with van der Waals surface area (Å²) in [7, 11) is 0. The Balaban J connectivity index is 1.66. The number of imidazole rings is 1. The van der Waals surface area contributed by atoms with Crippen LogP contribution in [0.15, 0.2) is 55.1 Å². The number of aromatic nitrogens is 3. The van der Waals surface area contributed by atoms with Crippen LogP contribution in [0.3, 0.4) is 0 Å². The summed E-state index contributed by atoms with van der Waals surface area (Å²) >= 11 is 19.8. The van der Waals surface area contributed by atoms with E-state index in [0.29, 0.717) is 32.3 Å². The average Bonchev–Trinajstić information content (AvgIpc) is 3.34. The van der Waals surface area contributed by atoms with E-state index >= 15 is 0 Å². The first-order chi connectivity index (χ1) is 14.0. The molecule has 0 unspecified atom stereocenters. The number of amides is 1. The fourth-order valence-electron chi connectivity index (χ4n) is 2.92. The van der Waals surface area contributed by atoms with Crippen molar-refractivity contribution in [2.24, 2.45) is 0 Å². The molecule has 4 rings (SSSR count). The Morgan fingerprint density at radius 3 is 2.66 bits per heavy atom. The maximum atomic E-state index is 13.3. The van der Waals surface area contributed by atoms with Gasteiger partial charge in [0.1, 0.15) is 0 Å². The van der Waals surface area contributed by atoms with Crippen molar-refractivity contribution in [3.05, 3.63) is 75.8 Å². The van der Waals surface area contributed by atoms with Gasteiger partial charge in [-0.25, -0.2) is 9.97 Å². The Bertz CT molecular complexity index is 1160. The Morgan fingerprint density at radius 2 is 1.90 bits per heavy atom. The van der Waals surface area contributed by atoms with Crippen molar-refractivity contribution in [3.63, 3.8) is 0 Å². The second kappa shape index (κ2) is 8.71. The second-order valence-electron chi connectivity index (χ2n) is 6.34. The summed E-state index contributed by atoms with van der Waals surface area (Å²) in [5.74, 6) is -0.220. The molecular weight excluding hydrogens is 451 g/mol. The number of carbonyl (C=O) groups excluding carboxylic acids is 1.